The molecule has 0 aliphatic carbocycles. The van der Waals surface area contributed by atoms with Crippen molar-refractivity contribution in [2.75, 3.05) is 0 Å². The Morgan fingerprint density at radius 1 is 1.00 bits per heavy atom. The molecule has 0 atom stereocenters. The highest BCUT2D eigenvalue weighted by Gasteiger charge is 1.98. The summed E-state index contributed by atoms with van der Waals surface area (Å²) in [6, 6.07) is 0. The summed E-state index contributed by atoms with van der Waals surface area (Å²) in [5, 5.41) is 0. The molecule has 2 heteroatoms. The van der Waals surface area contributed by atoms with Gasteiger partial charge in [-0.05, 0) is 12.3 Å². The van der Waals surface area contributed by atoms with E-state index in [-0.39, 0.29) is 4.84 Å². The van der Waals surface area contributed by atoms with Gasteiger partial charge in [0.25, 0.3) is 0 Å². The zero-order chi connectivity index (χ0) is 7.98. The highest BCUT2D eigenvalue weighted by molar-refractivity contribution is 6.44. The topological polar surface area (TPSA) is 0 Å². The van der Waals surface area contributed by atoms with Gasteiger partial charge in [0.05, 0.1) is 0 Å². The summed E-state index contributed by atoms with van der Waals surface area (Å²) >= 11 is 11.1. The Morgan fingerprint density at radius 2 is 1.50 bits per heavy atom. The molecule has 0 heterocycles. The number of halogens is 2. The summed E-state index contributed by atoms with van der Waals surface area (Å²) in [5.41, 5.74) is 0. The van der Waals surface area contributed by atoms with Gasteiger partial charge < -0.3 is 0 Å². The molecule has 0 aliphatic heterocycles. The molecule has 0 radical (unpaired) electrons. The lowest BCUT2D eigenvalue weighted by Crippen LogP contribution is -1.90. The van der Waals surface area contributed by atoms with Crippen LogP contribution < -0.4 is 0 Å². The minimum absolute atomic E-state index is 0.160. The van der Waals surface area contributed by atoms with E-state index in [9.17, 15) is 0 Å². The van der Waals surface area contributed by atoms with Crippen molar-refractivity contribution >= 4 is 23.2 Å². The van der Waals surface area contributed by atoms with Crippen LogP contribution >= 0.6 is 23.2 Å². The molecule has 0 saturated carbocycles. The van der Waals surface area contributed by atoms with Crippen molar-refractivity contribution in [3.8, 4) is 0 Å². The van der Waals surface area contributed by atoms with Crippen LogP contribution in [-0.4, -0.2) is 4.84 Å². The lowest BCUT2D eigenvalue weighted by Gasteiger charge is -2.03. The Hall–Kier alpha value is 0.580. The van der Waals surface area contributed by atoms with E-state index in [2.05, 4.69) is 13.8 Å². The van der Waals surface area contributed by atoms with E-state index in [1.54, 1.807) is 0 Å². The van der Waals surface area contributed by atoms with Gasteiger partial charge in [0.15, 0.2) is 0 Å². The monoisotopic (exact) mass is 182 g/mol. The molecule has 0 fully saturated rings. The van der Waals surface area contributed by atoms with Gasteiger partial charge in [-0.25, -0.2) is 0 Å². The molecule has 0 bridgehead atoms. The van der Waals surface area contributed by atoms with E-state index in [1.807, 2.05) is 0 Å². The normalized spacial score (nSPS) is 11.4. The van der Waals surface area contributed by atoms with Crippen LogP contribution in [0.4, 0.5) is 0 Å². The molecule has 0 aromatic heterocycles. The maximum absolute atomic E-state index is 5.56. The Morgan fingerprint density at radius 3 is 1.90 bits per heavy atom. The van der Waals surface area contributed by atoms with Gasteiger partial charge in [0, 0.05) is 0 Å². The molecule has 0 N–H and O–H groups in total. The first-order valence-corrected chi connectivity index (χ1v) is 4.78. The number of hydrogen-bond acceptors (Lipinski definition) is 0. The fraction of sp³-hybridized carbons (Fsp3) is 1.00. The van der Waals surface area contributed by atoms with Crippen LogP contribution in [0, 0.1) is 5.92 Å². The van der Waals surface area contributed by atoms with Crippen LogP contribution in [0.15, 0.2) is 0 Å². The third-order valence-corrected chi connectivity index (χ3v) is 1.89. The van der Waals surface area contributed by atoms with E-state index in [4.69, 9.17) is 23.2 Å². The Kier molecular flexibility index (Phi) is 6.67. The van der Waals surface area contributed by atoms with Crippen LogP contribution in [0.2, 0.25) is 0 Å². The fourth-order valence-electron chi connectivity index (χ4n) is 0.851. The first-order valence-electron chi connectivity index (χ1n) is 3.91. The highest BCUT2D eigenvalue weighted by Crippen LogP contribution is 2.14. The van der Waals surface area contributed by atoms with Gasteiger partial charge in [0.1, 0.15) is 4.84 Å². The average molecular weight is 183 g/mol. The van der Waals surface area contributed by atoms with Crippen LogP contribution in [0.3, 0.4) is 0 Å². The predicted octanol–water partition coefficient (Wildman–Crippen LogP) is 4.01. The Balaban J connectivity index is 2.91. The second-order valence-corrected chi connectivity index (χ2v) is 4.35. The van der Waals surface area contributed by atoms with E-state index >= 15 is 0 Å². The molecule has 0 aromatic rings. The Bertz CT molecular complexity index is 59.7. The quantitative estimate of drug-likeness (QED) is 0.446. The summed E-state index contributed by atoms with van der Waals surface area (Å²) < 4.78 is 0. The molecule has 0 nitrogen and oxygen atoms in total. The highest BCUT2D eigenvalue weighted by atomic mass is 35.5. The van der Waals surface area contributed by atoms with Crippen LogP contribution in [0.25, 0.3) is 0 Å². The second kappa shape index (κ2) is 6.30. The van der Waals surface area contributed by atoms with E-state index < -0.39 is 0 Å². The third kappa shape index (κ3) is 8.58. The van der Waals surface area contributed by atoms with Gasteiger partial charge in [-0.2, -0.15) is 0 Å². The summed E-state index contributed by atoms with van der Waals surface area (Å²) in [6.07, 6.45) is 4.65. The summed E-state index contributed by atoms with van der Waals surface area (Å²) in [5.74, 6) is 0.809. The van der Waals surface area contributed by atoms with Gasteiger partial charge >= 0.3 is 0 Å². The third-order valence-electron chi connectivity index (χ3n) is 1.45. The maximum Gasteiger partial charge on any atom is 0.107 e. The van der Waals surface area contributed by atoms with Crippen molar-refractivity contribution in [1.82, 2.24) is 0 Å². The van der Waals surface area contributed by atoms with Crippen molar-refractivity contribution in [3.05, 3.63) is 0 Å². The minimum Gasteiger partial charge on any atom is -0.105 e. The maximum atomic E-state index is 5.56. The van der Waals surface area contributed by atoms with Gasteiger partial charge in [0.2, 0.25) is 0 Å². The summed E-state index contributed by atoms with van der Waals surface area (Å²) in [6.45, 7) is 4.47. The first-order chi connectivity index (χ1) is 4.63. The van der Waals surface area contributed by atoms with Gasteiger partial charge in [-0.1, -0.05) is 33.1 Å². The predicted molar refractivity (Wildman–Crippen MR) is 48.8 cm³/mol. The molecular formula is C8H16Cl2. The molecule has 0 aromatic carbocycles. The van der Waals surface area contributed by atoms with E-state index in [0.29, 0.717) is 0 Å². The van der Waals surface area contributed by atoms with Crippen molar-refractivity contribution in [3.63, 3.8) is 0 Å². The van der Waals surface area contributed by atoms with E-state index in [1.165, 1.54) is 12.8 Å². The molecule has 0 spiro atoms. The van der Waals surface area contributed by atoms with Crippen molar-refractivity contribution in [2.45, 2.75) is 44.4 Å². The summed E-state index contributed by atoms with van der Waals surface area (Å²) in [4.78, 5) is -0.160. The zero-order valence-corrected chi connectivity index (χ0v) is 8.25. The first kappa shape index (κ1) is 10.6. The second-order valence-electron chi connectivity index (χ2n) is 3.07. The van der Waals surface area contributed by atoms with Gasteiger partial charge in [-0.15, -0.1) is 23.2 Å². The van der Waals surface area contributed by atoms with Crippen LogP contribution in [0.5, 0.6) is 0 Å². The summed E-state index contributed by atoms with van der Waals surface area (Å²) in [7, 11) is 0. The average Bonchev–Trinajstić information content (AvgIpc) is 1.79. The smallest absolute Gasteiger partial charge is 0.105 e. The van der Waals surface area contributed by atoms with Gasteiger partial charge in [-0.3, -0.25) is 0 Å². The Labute approximate surface area is 73.9 Å². The van der Waals surface area contributed by atoms with Crippen molar-refractivity contribution in [1.29, 1.82) is 0 Å². The molecule has 0 rings (SSSR count). The molecule has 10 heavy (non-hydrogen) atoms. The number of hydrogen-bond donors (Lipinski definition) is 0. The standard InChI is InChI=1S/C8H16Cl2/c1-7(2)5-3-4-6-8(9)10/h7-8H,3-6H2,1-2H3. The molecule has 0 amide bonds. The minimum atomic E-state index is -0.160. The molecule has 0 saturated heterocycles. The molecular weight excluding hydrogens is 167 g/mol. The van der Waals surface area contributed by atoms with Crippen LogP contribution in [0.1, 0.15) is 39.5 Å². The molecule has 62 valence electrons. The van der Waals surface area contributed by atoms with E-state index in [0.717, 1.165) is 18.8 Å². The molecule has 0 unspecified atom stereocenters. The SMILES string of the molecule is CC(C)CCCCC(Cl)Cl. The number of alkyl halides is 2. The lowest BCUT2D eigenvalue weighted by molar-refractivity contribution is 0.532. The molecule has 0 aliphatic rings. The van der Waals surface area contributed by atoms with Crippen molar-refractivity contribution < 1.29 is 0 Å². The number of unbranched alkanes of at least 4 members (excludes halogenated alkanes) is 1. The zero-order valence-electron chi connectivity index (χ0n) is 6.74. The number of rotatable bonds is 5. The lowest BCUT2D eigenvalue weighted by atomic mass is 10.1. The van der Waals surface area contributed by atoms with Crippen LogP contribution in [-0.2, 0) is 0 Å². The van der Waals surface area contributed by atoms with Crippen molar-refractivity contribution in [2.24, 2.45) is 5.92 Å². The largest absolute Gasteiger partial charge is 0.107 e. The fourth-order valence-corrected chi connectivity index (χ4v) is 1.16.